The Morgan fingerprint density at radius 1 is 0.970 bits per heavy atom. The first kappa shape index (κ1) is 22.7. The summed E-state index contributed by atoms with van der Waals surface area (Å²) in [4.78, 5) is 30.4. The van der Waals surface area contributed by atoms with Crippen LogP contribution in [0.4, 0.5) is 15.2 Å². The van der Waals surface area contributed by atoms with E-state index in [1.54, 1.807) is 18.2 Å². The van der Waals surface area contributed by atoms with Gasteiger partial charge in [-0.3, -0.25) is 9.59 Å². The molecule has 0 radical (unpaired) electrons. The van der Waals surface area contributed by atoms with E-state index in [1.807, 2.05) is 48.7 Å². The van der Waals surface area contributed by atoms with Crippen LogP contribution < -0.4 is 10.6 Å². The lowest BCUT2D eigenvalue weighted by molar-refractivity contribution is -0.115. The van der Waals surface area contributed by atoms with Gasteiger partial charge in [-0.2, -0.15) is 0 Å². The van der Waals surface area contributed by atoms with Crippen molar-refractivity contribution in [2.24, 2.45) is 0 Å². The maximum atomic E-state index is 13.1. The maximum absolute atomic E-state index is 13.1. The Morgan fingerprint density at radius 2 is 1.73 bits per heavy atom. The largest absolute Gasteiger partial charge is 0.322 e. The second-order valence-electron chi connectivity index (χ2n) is 7.14. The Bertz CT molecular complexity index is 1260. The number of thioether (sulfide) groups is 1. The van der Waals surface area contributed by atoms with E-state index < -0.39 is 5.82 Å². The standard InChI is InChI=1S/C25H20FN3O2S2/c1-16(23(30)29-25-28-22(15-32-25)17-6-3-2-4-7-17)33-21-9-5-8-20(14-21)27-24(31)18-10-12-19(26)13-11-18/h2-16H,1H3,(H,27,31)(H,28,29,30). The van der Waals surface area contributed by atoms with Crippen LogP contribution in [-0.4, -0.2) is 22.0 Å². The van der Waals surface area contributed by atoms with Gasteiger partial charge < -0.3 is 10.6 Å². The van der Waals surface area contributed by atoms with Gasteiger partial charge in [-0.15, -0.1) is 23.1 Å². The number of benzene rings is 3. The highest BCUT2D eigenvalue weighted by Crippen LogP contribution is 2.28. The summed E-state index contributed by atoms with van der Waals surface area (Å²) >= 11 is 2.76. The fraction of sp³-hybridized carbons (Fsp3) is 0.0800. The topological polar surface area (TPSA) is 71.1 Å². The van der Waals surface area contributed by atoms with Crippen LogP contribution >= 0.6 is 23.1 Å². The van der Waals surface area contributed by atoms with Crippen LogP contribution in [0.1, 0.15) is 17.3 Å². The summed E-state index contributed by atoms with van der Waals surface area (Å²) in [6, 6.07) is 22.4. The average Bonchev–Trinajstić information content (AvgIpc) is 3.29. The number of hydrogen-bond acceptors (Lipinski definition) is 5. The van der Waals surface area contributed by atoms with Gasteiger partial charge in [-0.25, -0.2) is 9.37 Å². The Hall–Kier alpha value is -3.49. The fourth-order valence-electron chi connectivity index (χ4n) is 2.99. The zero-order chi connectivity index (χ0) is 23.2. The Balaban J connectivity index is 1.36. The first-order chi connectivity index (χ1) is 16.0. The molecule has 2 N–H and O–H groups in total. The number of rotatable bonds is 7. The van der Waals surface area contributed by atoms with Crippen molar-refractivity contribution in [2.75, 3.05) is 10.6 Å². The molecule has 1 atom stereocenters. The van der Waals surface area contributed by atoms with Crippen molar-refractivity contribution in [3.63, 3.8) is 0 Å². The van der Waals surface area contributed by atoms with E-state index in [9.17, 15) is 14.0 Å². The van der Waals surface area contributed by atoms with E-state index in [-0.39, 0.29) is 17.1 Å². The van der Waals surface area contributed by atoms with E-state index in [4.69, 9.17) is 0 Å². The molecule has 4 aromatic rings. The maximum Gasteiger partial charge on any atom is 0.255 e. The molecule has 5 nitrogen and oxygen atoms in total. The summed E-state index contributed by atoms with van der Waals surface area (Å²) in [6.45, 7) is 1.81. The third kappa shape index (κ3) is 6.06. The molecule has 2 amide bonds. The fourth-order valence-corrected chi connectivity index (χ4v) is 4.64. The van der Waals surface area contributed by atoms with Crippen LogP contribution in [0.3, 0.4) is 0 Å². The zero-order valence-electron chi connectivity index (χ0n) is 17.6. The quantitative estimate of drug-likeness (QED) is 0.306. The minimum atomic E-state index is -0.397. The van der Waals surface area contributed by atoms with Crippen molar-refractivity contribution in [2.45, 2.75) is 17.1 Å². The first-order valence-corrected chi connectivity index (χ1v) is 11.9. The lowest BCUT2D eigenvalue weighted by Gasteiger charge is -2.12. The molecular weight excluding hydrogens is 457 g/mol. The molecule has 3 aromatic carbocycles. The van der Waals surface area contributed by atoms with Gasteiger partial charge in [-0.1, -0.05) is 36.4 Å². The molecule has 0 aliphatic carbocycles. The van der Waals surface area contributed by atoms with Gasteiger partial charge in [0.15, 0.2) is 5.13 Å². The molecule has 0 aliphatic rings. The summed E-state index contributed by atoms with van der Waals surface area (Å²) in [7, 11) is 0. The van der Waals surface area contributed by atoms with Gasteiger partial charge in [0.1, 0.15) is 5.82 Å². The van der Waals surface area contributed by atoms with E-state index in [0.717, 1.165) is 16.2 Å². The third-order valence-corrected chi connectivity index (χ3v) is 6.54. The molecule has 4 rings (SSSR count). The molecule has 0 saturated carbocycles. The SMILES string of the molecule is CC(Sc1cccc(NC(=O)c2ccc(F)cc2)c1)C(=O)Nc1nc(-c2ccccc2)cs1. The van der Waals surface area contributed by atoms with Crippen LogP contribution in [0.5, 0.6) is 0 Å². The number of nitrogens with zero attached hydrogens (tertiary/aromatic N) is 1. The van der Waals surface area contributed by atoms with E-state index in [1.165, 1.54) is 47.4 Å². The molecule has 0 fully saturated rings. The predicted molar refractivity (Wildman–Crippen MR) is 132 cm³/mol. The number of aromatic nitrogens is 1. The number of carbonyl (C=O) groups is 2. The van der Waals surface area contributed by atoms with Crippen molar-refractivity contribution in [1.29, 1.82) is 0 Å². The minimum absolute atomic E-state index is 0.158. The Kier molecular flexibility index (Phi) is 7.16. The Morgan fingerprint density at radius 3 is 2.48 bits per heavy atom. The number of nitrogens with one attached hydrogen (secondary N) is 2. The normalized spacial score (nSPS) is 11.6. The highest BCUT2D eigenvalue weighted by atomic mass is 32.2. The van der Waals surface area contributed by atoms with Gasteiger partial charge in [0, 0.05) is 27.1 Å². The second-order valence-corrected chi connectivity index (χ2v) is 9.41. The lowest BCUT2D eigenvalue weighted by Crippen LogP contribution is -2.22. The number of halogens is 1. The van der Waals surface area contributed by atoms with E-state index in [2.05, 4.69) is 15.6 Å². The van der Waals surface area contributed by atoms with Gasteiger partial charge >= 0.3 is 0 Å². The van der Waals surface area contributed by atoms with E-state index in [0.29, 0.717) is 16.4 Å². The number of anilines is 2. The highest BCUT2D eigenvalue weighted by molar-refractivity contribution is 8.00. The van der Waals surface area contributed by atoms with E-state index >= 15 is 0 Å². The second kappa shape index (κ2) is 10.4. The zero-order valence-corrected chi connectivity index (χ0v) is 19.3. The van der Waals surface area contributed by atoms with Crippen molar-refractivity contribution in [1.82, 2.24) is 4.98 Å². The number of thiazole rings is 1. The average molecular weight is 478 g/mol. The van der Waals surface area contributed by atoms with Crippen molar-refractivity contribution >= 4 is 45.7 Å². The summed E-state index contributed by atoms with van der Waals surface area (Å²) in [6.07, 6.45) is 0. The van der Waals surface area contributed by atoms with Crippen LogP contribution in [0, 0.1) is 5.82 Å². The molecule has 33 heavy (non-hydrogen) atoms. The molecule has 1 heterocycles. The third-order valence-electron chi connectivity index (χ3n) is 4.68. The molecule has 0 saturated heterocycles. The summed E-state index contributed by atoms with van der Waals surface area (Å²) in [5, 5.41) is 7.75. The number of hydrogen-bond donors (Lipinski definition) is 2. The van der Waals surface area contributed by atoms with Gasteiger partial charge in [0.25, 0.3) is 5.91 Å². The Labute approximate surface area is 199 Å². The molecule has 1 aromatic heterocycles. The number of carbonyl (C=O) groups excluding carboxylic acids is 2. The summed E-state index contributed by atoms with van der Waals surface area (Å²) < 4.78 is 13.1. The molecule has 0 spiro atoms. The summed E-state index contributed by atoms with van der Waals surface area (Å²) in [5.41, 5.74) is 2.77. The van der Waals surface area contributed by atoms with Gasteiger partial charge in [0.2, 0.25) is 5.91 Å². The lowest BCUT2D eigenvalue weighted by atomic mass is 10.2. The van der Waals surface area contributed by atoms with Crippen molar-refractivity contribution < 1.29 is 14.0 Å². The molecule has 8 heteroatoms. The monoisotopic (exact) mass is 477 g/mol. The predicted octanol–water partition coefficient (Wildman–Crippen LogP) is 6.32. The smallest absolute Gasteiger partial charge is 0.255 e. The van der Waals surface area contributed by atoms with Crippen molar-refractivity contribution in [3.05, 3.63) is 95.6 Å². The highest BCUT2D eigenvalue weighted by Gasteiger charge is 2.17. The van der Waals surface area contributed by atoms with Crippen LogP contribution in [0.2, 0.25) is 0 Å². The van der Waals surface area contributed by atoms with Crippen LogP contribution in [-0.2, 0) is 4.79 Å². The van der Waals surface area contributed by atoms with Crippen molar-refractivity contribution in [3.8, 4) is 11.3 Å². The van der Waals surface area contributed by atoms with Gasteiger partial charge in [0.05, 0.1) is 10.9 Å². The minimum Gasteiger partial charge on any atom is -0.322 e. The molecule has 0 bridgehead atoms. The molecule has 166 valence electrons. The first-order valence-electron chi connectivity index (χ1n) is 10.1. The summed E-state index contributed by atoms with van der Waals surface area (Å²) in [5.74, 6) is -0.887. The van der Waals surface area contributed by atoms with Crippen LogP contribution in [0.15, 0.2) is 89.1 Å². The molecular formula is C25H20FN3O2S2. The van der Waals surface area contributed by atoms with Crippen LogP contribution in [0.25, 0.3) is 11.3 Å². The molecule has 1 unspecified atom stereocenters. The molecule has 0 aliphatic heterocycles. The van der Waals surface area contributed by atoms with Gasteiger partial charge in [-0.05, 0) is 49.4 Å². The number of amides is 2.